The number of fused-ring (bicyclic) bond motifs is 7. The molecule has 1 heterocycles. The molecule has 0 spiro atoms. The number of hydrogen-bond donors (Lipinski definition) is 6. The van der Waals surface area contributed by atoms with Gasteiger partial charge in [-0.2, -0.15) is 0 Å². The SMILES string of the molecule is C=C(C)[C@@H]1CC[C@]2(C(=O)O)CC[C@]3(C)[C@H](CC[C@@H]4[C@@]5(C)CC[C@@H](O[C@@H]6O[C@H](CO)[C@@H](O)[C@H](O)[C@H]6O)[C@@](C)(C(=O)O)[C@@H]5CC[C@]43C)[C@@H]12. The zero-order chi connectivity index (χ0) is 33.8. The fraction of sp³-hybridized carbons (Fsp3) is 0.889. The molecule has 10 heteroatoms. The van der Waals surface area contributed by atoms with Gasteiger partial charge in [0.05, 0.1) is 23.5 Å². The summed E-state index contributed by atoms with van der Waals surface area (Å²) < 4.78 is 11.9. The first-order valence-corrected chi connectivity index (χ1v) is 17.5. The Morgan fingerprint density at radius 2 is 1.50 bits per heavy atom. The second kappa shape index (κ2) is 11.2. The lowest BCUT2D eigenvalue weighted by Gasteiger charge is -2.72. The zero-order valence-corrected chi connectivity index (χ0v) is 28.2. The van der Waals surface area contributed by atoms with Crippen LogP contribution in [0.5, 0.6) is 0 Å². The molecule has 0 radical (unpaired) electrons. The standard InChI is InChI=1S/C36H56O10/c1-18(2)19-9-14-36(31(43)44)16-15-33(4)20(25(19)36)7-8-22-32(3)12-11-24(35(6,30(41)42)23(32)10-13-34(22,33)5)46-29-28(40)27(39)26(38)21(17-37)45-29/h19-29,37-40H,1,7-17H2,2-6H3,(H,41,42)(H,43,44)/t19-,20+,21+,22+,23+,24+,25+,26+,27-,28+,29-,32+,33+,34+,35-,36-/m0/s1. The number of ether oxygens (including phenoxy) is 2. The summed E-state index contributed by atoms with van der Waals surface area (Å²) in [6.07, 6.45) is -0.444. The largest absolute Gasteiger partial charge is 0.481 e. The molecular formula is C36H56O10. The van der Waals surface area contributed by atoms with Crippen molar-refractivity contribution in [2.75, 3.05) is 6.61 Å². The van der Waals surface area contributed by atoms with Crippen LogP contribution in [0.1, 0.15) is 98.8 Å². The van der Waals surface area contributed by atoms with E-state index >= 15 is 0 Å². The third kappa shape index (κ3) is 4.35. The van der Waals surface area contributed by atoms with E-state index in [1.165, 1.54) is 0 Å². The van der Waals surface area contributed by atoms with Gasteiger partial charge < -0.3 is 40.1 Å². The predicted molar refractivity (Wildman–Crippen MR) is 167 cm³/mol. The van der Waals surface area contributed by atoms with Gasteiger partial charge in [-0.05, 0) is 124 Å². The minimum absolute atomic E-state index is 0.0662. The molecule has 6 N–H and O–H groups in total. The average Bonchev–Trinajstić information content (AvgIpc) is 3.40. The maximum atomic E-state index is 13.3. The highest BCUT2D eigenvalue weighted by atomic mass is 16.7. The Morgan fingerprint density at radius 3 is 2.11 bits per heavy atom. The molecule has 0 aromatic heterocycles. The van der Waals surface area contributed by atoms with Crippen molar-refractivity contribution >= 4 is 11.9 Å². The first kappa shape index (κ1) is 34.3. The molecule has 1 saturated heterocycles. The highest BCUT2D eigenvalue weighted by molar-refractivity contribution is 5.77. The van der Waals surface area contributed by atoms with E-state index in [1.54, 1.807) is 6.92 Å². The average molecular weight is 649 g/mol. The Labute approximate surface area is 272 Å². The van der Waals surface area contributed by atoms with Crippen LogP contribution in [-0.4, -0.2) is 86.0 Å². The van der Waals surface area contributed by atoms with Gasteiger partial charge in [0.15, 0.2) is 6.29 Å². The second-order valence-electron chi connectivity index (χ2n) is 17.1. The van der Waals surface area contributed by atoms with Crippen molar-refractivity contribution in [2.24, 2.45) is 56.7 Å². The van der Waals surface area contributed by atoms with E-state index in [4.69, 9.17) is 9.47 Å². The topological polar surface area (TPSA) is 174 Å². The van der Waals surface area contributed by atoms with Gasteiger partial charge in [-0.1, -0.05) is 32.9 Å². The fourth-order valence-electron chi connectivity index (χ4n) is 13.0. The van der Waals surface area contributed by atoms with E-state index in [2.05, 4.69) is 34.3 Å². The first-order chi connectivity index (χ1) is 21.4. The van der Waals surface area contributed by atoms with E-state index in [0.717, 1.165) is 44.1 Å². The summed E-state index contributed by atoms with van der Waals surface area (Å²) in [6.45, 7) is 14.6. The normalized spacial score (nSPS) is 54.9. The van der Waals surface area contributed by atoms with Crippen molar-refractivity contribution in [1.82, 2.24) is 0 Å². The molecule has 46 heavy (non-hydrogen) atoms. The van der Waals surface area contributed by atoms with Crippen molar-refractivity contribution in [3.05, 3.63) is 12.2 Å². The van der Waals surface area contributed by atoms with E-state index in [9.17, 15) is 40.2 Å². The first-order valence-electron chi connectivity index (χ1n) is 17.5. The maximum absolute atomic E-state index is 13.3. The molecule has 6 aliphatic rings. The molecule has 0 amide bonds. The summed E-state index contributed by atoms with van der Waals surface area (Å²) in [5.41, 5.74) is -1.41. The van der Waals surface area contributed by atoms with Crippen molar-refractivity contribution in [1.29, 1.82) is 0 Å². The molecule has 6 fully saturated rings. The Balaban J connectivity index is 1.31. The number of carboxylic acid groups (broad SMARTS) is 2. The van der Waals surface area contributed by atoms with Gasteiger partial charge in [-0.3, -0.25) is 9.59 Å². The fourth-order valence-corrected chi connectivity index (χ4v) is 13.0. The molecule has 5 aliphatic carbocycles. The minimum atomic E-state index is -1.60. The lowest BCUT2D eigenvalue weighted by Crippen LogP contribution is -2.69. The summed E-state index contributed by atoms with van der Waals surface area (Å²) in [5, 5.41) is 62.5. The predicted octanol–water partition coefficient (Wildman–Crippen LogP) is 3.98. The molecule has 260 valence electrons. The van der Waals surface area contributed by atoms with Crippen LogP contribution in [0, 0.1) is 56.7 Å². The summed E-state index contributed by atoms with van der Waals surface area (Å²) >= 11 is 0. The third-order valence-corrected chi connectivity index (χ3v) is 15.7. The van der Waals surface area contributed by atoms with Crippen molar-refractivity contribution in [3.63, 3.8) is 0 Å². The summed E-state index contributed by atoms with van der Waals surface area (Å²) in [4.78, 5) is 26.3. The van der Waals surface area contributed by atoms with Crippen LogP contribution in [0.25, 0.3) is 0 Å². The third-order valence-electron chi connectivity index (χ3n) is 15.7. The number of aliphatic hydroxyl groups is 4. The van der Waals surface area contributed by atoms with Crippen LogP contribution < -0.4 is 0 Å². The second-order valence-corrected chi connectivity index (χ2v) is 17.1. The van der Waals surface area contributed by atoms with Crippen molar-refractivity contribution < 1.29 is 49.7 Å². The van der Waals surface area contributed by atoms with Crippen LogP contribution in [0.3, 0.4) is 0 Å². The van der Waals surface area contributed by atoms with Gasteiger partial charge in [0.2, 0.25) is 0 Å². The molecular weight excluding hydrogens is 592 g/mol. The highest BCUT2D eigenvalue weighted by Gasteiger charge is 2.73. The van der Waals surface area contributed by atoms with Crippen molar-refractivity contribution in [3.8, 4) is 0 Å². The van der Waals surface area contributed by atoms with Gasteiger partial charge >= 0.3 is 11.9 Å². The van der Waals surface area contributed by atoms with Gasteiger partial charge in [0, 0.05) is 0 Å². The van der Waals surface area contributed by atoms with E-state index in [-0.39, 0.29) is 45.8 Å². The number of allylic oxidation sites excluding steroid dienone is 1. The Morgan fingerprint density at radius 1 is 0.804 bits per heavy atom. The summed E-state index contributed by atoms with van der Waals surface area (Å²) in [5.74, 6) is -1.07. The van der Waals surface area contributed by atoms with Gasteiger partial charge in [-0.25, -0.2) is 0 Å². The van der Waals surface area contributed by atoms with Crippen LogP contribution in [0.15, 0.2) is 12.2 Å². The highest BCUT2D eigenvalue weighted by Crippen LogP contribution is 2.77. The van der Waals surface area contributed by atoms with Crippen molar-refractivity contribution in [2.45, 2.75) is 136 Å². The number of rotatable bonds is 6. The molecule has 10 nitrogen and oxygen atoms in total. The smallest absolute Gasteiger partial charge is 0.312 e. The molecule has 6 rings (SSSR count). The van der Waals surface area contributed by atoms with E-state index in [1.807, 2.05) is 0 Å². The lowest BCUT2D eigenvalue weighted by molar-refractivity contribution is -0.331. The minimum Gasteiger partial charge on any atom is -0.481 e. The Kier molecular flexibility index (Phi) is 8.38. The number of hydrogen-bond acceptors (Lipinski definition) is 8. The van der Waals surface area contributed by atoms with Gasteiger partial charge in [-0.15, -0.1) is 0 Å². The molecule has 0 aromatic carbocycles. The molecule has 0 bridgehead atoms. The Bertz CT molecular complexity index is 1250. The molecule has 5 saturated carbocycles. The Hall–Kier alpha value is -1.56. The van der Waals surface area contributed by atoms with Crippen LogP contribution in [-0.2, 0) is 19.1 Å². The van der Waals surface area contributed by atoms with Crippen LogP contribution in [0.4, 0.5) is 0 Å². The number of aliphatic hydroxyl groups excluding tert-OH is 4. The monoisotopic (exact) mass is 648 g/mol. The summed E-state index contributed by atoms with van der Waals surface area (Å²) in [6, 6.07) is 0. The number of carbonyl (C=O) groups is 2. The van der Waals surface area contributed by atoms with E-state index < -0.39 is 66.2 Å². The van der Waals surface area contributed by atoms with Crippen LogP contribution >= 0.6 is 0 Å². The molecule has 16 atom stereocenters. The summed E-state index contributed by atoms with van der Waals surface area (Å²) in [7, 11) is 0. The maximum Gasteiger partial charge on any atom is 0.312 e. The lowest BCUT2D eigenvalue weighted by atomic mass is 9.32. The quantitative estimate of drug-likeness (QED) is 0.183. The van der Waals surface area contributed by atoms with Gasteiger partial charge in [0.1, 0.15) is 24.4 Å². The molecule has 1 aliphatic heterocycles. The number of aliphatic carboxylic acids is 2. The zero-order valence-electron chi connectivity index (χ0n) is 28.2. The molecule has 0 unspecified atom stereocenters. The van der Waals surface area contributed by atoms with E-state index in [0.29, 0.717) is 25.7 Å². The van der Waals surface area contributed by atoms with Gasteiger partial charge in [0.25, 0.3) is 0 Å². The molecule has 0 aromatic rings. The van der Waals surface area contributed by atoms with Crippen LogP contribution in [0.2, 0.25) is 0 Å². The number of carboxylic acids is 2.